The Morgan fingerprint density at radius 3 is 2.39 bits per heavy atom. The summed E-state index contributed by atoms with van der Waals surface area (Å²) in [5, 5.41) is 4.38. The summed E-state index contributed by atoms with van der Waals surface area (Å²) in [6.07, 6.45) is 6.99. The summed E-state index contributed by atoms with van der Waals surface area (Å²) in [6.45, 7) is 4.56. The average molecular weight is 465 g/mol. The third kappa shape index (κ3) is 7.58. The average Bonchev–Trinajstić information content (AvgIpc) is 2.75. The number of amides is 1. The number of halogens is 2. The van der Waals surface area contributed by atoms with Gasteiger partial charge in [-0.05, 0) is 74.9 Å². The van der Waals surface area contributed by atoms with E-state index in [4.69, 9.17) is 32.7 Å². The van der Waals surface area contributed by atoms with Crippen molar-refractivity contribution in [2.45, 2.75) is 64.5 Å². The summed E-state index contributed by atoms with van der Waals surface area (Å²) in [6, 6.07) is 11.1. The number of nitrogens with zero attached hydrogens (tertiary/aromatic N) is 1. The Labute approximate surface area is 194 Å². The summed E-state index contributed by atoms with van der Waals surface area (Å²) in [5.41, 5.74) is -0.439. The van der Waals surface area contributed by atoms with Crippen molar-refractivity contribution >= 4 is 29.1 Å². The Hall–Kier alpha value is -1.98. The van der Waals surface area contributed by atoms with Crippen LogP contribution in [0.25, 0.3) is 0 Å². The topological polar surface area (TPSA) is 60.5 Å². The van der Waals surface area contributed by atoms with Gasteiger partial charge in [0.1, 0.15) is 16.7 Å². The molecular weight excluding hydrogens is 435 g/mol. The Morgan fingerprint density at radius 1 is 1.06 bits per heavy atom. The molecule has 3 rings (SSSR count). The lowest BCUT2D eigenvalue weighted by Gasteiger charge is -2.32. The van der Waals surface area contributed by atoms with Gasteiger partial charge in [-0.1, -0.05) is 37.0 Å². The van der Waals surface area contributed by atoms with Gasteiger partial charge in [0, 0.05) is 16.5 Å². The Kier molecular flexibility index (Phi) is 8.44. The molecule has 2 aromatic rings. The van der Waals surface area contributed by atoms with Crippen molar-refractivity contribution in [2.24, 2.45) is 5.41 Å². The molecule has 31 heavy (non-hydrogen) atoms. The molecule has 1 amide bonds. The summed E-state index contributed by atoms with van der Waals surface area (Å²) in [5.74, 6) is 1.63. The number of carbonyl (C=O) groups excluding carboxylic acids is 1. The maximum atomic E-state index is 12.8. The van der Waals surface area contributed by atoms with Gasteiger partial charge in [-0.15, -0.1) is 0 Å². The first-order chi connectivity index (χ1) is 14.8. The highest BCUT2D eigenvalue weighted by atomic mass is 35.5. The van der Waals surface area contributed by atoms with Crippen LogP contribution in [0.3, 0.4) is 0 Å². The maximum absolute atomic E-state index is 12.8. The van der Waals surface area contributed by atoms with Crippen LogP contribution in [-0.4, -0.2) is 29.6 Å². The Morgan fingerprint density at radius 2 is 1.74 bits per heavy atom. The molecule has 1 heterocycles. The van der Waals surface area contributed by atoms with Crippen LogP contribution in [0.4, 0.5) is 0 Å². The van der Waals surface area contributed by atoms with E-state index in [-0.39, 0.29) is 18.1 Å². The fourth-order valence-corrected chi connectivity index (χ4v) is 3.92. The predicted octanol–water partition coefficient (Wildman–Crippen LogP) is 6.08. The summed E-state index contributed by atoms with van der Waals surface area (Å²) < 4.78 is 11.7. The quantitative estimate of drug-likeness (QED) is 0.360. The lowest BCUT2D eigenvalue weighted by Crippen LogP contribution is -2.45. The van der Waals surface area contributed by atoms with Gasteiger partial charge in [0.2, 0.25) is 5.91 Å². The molecule has 1 N–H and O–H groups in total. The normalized spacial score (nSPS) is 19.0. The molecule has 0 radical (unpaired) electrons. The van der Waals surface area contributed by atoms with Crippen LogP contribution >= 0.6 is 23.2 Å². The van der Waals surface area contributed by atoms with Gasteiger partial charge in [-0.25, -0.2) is 4.98 Å². The van der Waals surface area contributed by atoms with E-state index in [0.717, 1.165) is 50.0 Å². The summed E-state index contributed by atoms with van der Waals surface area (Å²) in [4.78, 5) is 16.9. The lowest BCUT2D eigenvalue weighted by atomic mass is 9.85. The van der Waals surface area contributed by atoms with E-state index in [1.54, 1.807) is 24.4 Å². The number of benzene rings is 1. The van der Waals surface area contributed by atoms with E-state index in [0.29, 0.717) is 16.8 Å². The van der Waals surface area contributed by atoms with Crippen molar-refractivity contribution in [3.8, 4) is 11.5 Å². The molecule has 1 saturated carbocycles. The molecule has 1 fully saturated rings. The van der Waals surface area contributed by atoms with Crippen molar-refractivity contribution in [3.05, 3.63) is 52.8 Å². The molecule has 7 heteroatoms. The molecule has 1 aliphatic rings. The van der Waals surface area contributed by atoms with E-state index < -0.39 is 5.41 Å². The highest BCUT2D eigenvalue weighted by Crippen LogP contribution is 2.27. The molecule has 5 nitrogen and oxygen atoms in total. The fourth-order valence-electron chi connectivity index (χ4n) is 3.68. The second-order valence-electron chi connectivity index (χ2n) is 8.67. The van der Waals surface area contributed by atoms with Crippen molar-refractivity contribution in [3.63, 3.8) is 0 Å². The Balaban J connectivity index is 1.35. The van der Waals surface area contributed by atoms with Crippen molar-refractivity contribution < 1.29 is 14.3 Å². The monoisotopic (exact) mass is 464 g/mol. The minimum absolute atomic E-state index is 0.102. The van der Waals surface area contributed by atoms with Gasteiger partial charge < -0.3 is 14.8 Å². The summed E-state index contributed by atoms with van der Waals surface area (Å²) >= 11 is 11.7. The molecule has 0 bridgehead atoms. The predicted molar refractivity (Wildman–Crippen MR) is 124 cm³/mol. The van der Waals surface area contributed by atoms with Crippen LogP contribution < -0.4 is 14.8 Å². The molecule has 168 valence electrons. The number of nitrogens with one attached hydrogen (secondary N) is 1. The van der Waals surface area contributed by atoms with Crippen molar-refractivity contribution in [1.29, 1.82) is 0 Å². The van der Waals surface area contributed by atoms with Crippen LogP contribution in [0.15, 0.2) is 42.6 Å². The fraction of sp³-hybridized carbons (Fsp3) is 0.500. The lowest BCUT2D eigenvalue weighted by molar-refractivity contribution is -0.130. The number of hydrogen-bond acceptors (Lipinski definition) is 4. The van der Waals surface area contributed by atoms with E-state index in [1.165, 1.54) is 0 Å². The third-order valence-electron chi connectivity index (χ3n) is 5.66. The zero-order valence-corrected chi connectivity index (χ0v) is 19.6. The van der Waals surface area contributed by atoms with E-state index in [9.17, 15) is 4.79 Å². The molecule has 0 spiro atoms. The van der Waals surface area contributed by atoms with Crippen LogP contribution in [0.5, 0.6) is 11.5 Å². The van der Waals surface area contributed by atoms with Gasteiger partial charge in [0.05, 0.1) is 18.9 Å². The maximum Gasteiger partial charge on any atom is 0.225 e. The summed E-state index contributed by atoms with van der Waals surface area (Å²) in [7, 11) is 0. The molecule has 0 atom stereocenters. The highest BCUT2D eigenvalue weighted by molar-refractivity contribution is 6.30. The SMILES string of the molecule is CC(C)(CCCOc1ccc(Cl)cc1)C(=O)NC1CCC(Oc2ccc(Cl)nc2)CC1. The van der Waals surface area contributed by atoms with E-state index in [2.05, 4.69) is 10.3 Å². The van der Waals surface area contributed by atoms with Gasteiger partial charge in [-0.3, -0.25) is 4.79 Å². The van der Waals surface area contributed by atoms with Crippen LogP contribution in [0.2, 0.25) is 10.2 Å². The number of aromatic nitrogens is 1. The van der Waals surface area contributed by atoms with Gasteiger partial charge in [-0.2, -0.15) is 0 Å². The molecule has 1 aliphatic carbocycles. The number of hydrogen-bond donors (Lipinski definition) is 1. The standard InChI is InChI=1S/C24H30Cl2N2O3/c1-24(2,14-3-15-30-19-8-4-17(25)5-9-19)23(29)28-18-6-10-20(11-7-18)31-21-12-13-22(26)27-16-21/h4-5,8-9,12-13,16,18,20H,3,6-7,10-11,14-15H2,1-2H3,(H,28,29). The van der Waals surface area contributed by atoms with E-state index >= 15 is 0 Å². The third-order valence-corrected chi connectivity index (χ3v) is 6.13. The van der Waals surface area contributed by atoms with Crippen LogP contribution in [0, 0.1) is 5.41 Å². The molecule has 0 aliphatic heterocycles. The van der Waals surface area contributed by atoms with Crippen LogP contribution in [0.1, 0.15) is 52.4 Å². The molecule has 1 aromatic carbocycles. The minimum atomic E-state index is -0.439. The smallest absolute Gasteiger partial charge is 0.225 e. The van der Waals surface area contributed by atoms with Crippen molar-refractivity contribution in [1.82, 2.24) is 10.3 Å². The zero-order valence-electron chi connectivity index (χ0n) is 18.1. The first kappa shape index (κ1) is 23.7. The molecule has 0 unspecified atom stereocenters. The first-order valence-corrected chi connectivity index (χ1v) is 11.5. The number of pyridine rings is 1. The second kappa shape index (κ2) is 11.1. The van der Waals surface area contributed by atoms with E-state index in [1.807, 2.05) is 32.0 Å². The van der Waals surface area contributed by atoms with Gasteiger partial charge in [0.25, 0.3) is 0 Å². The first-order valence-electron chi connectivity index (χ1n) is 10.8. The van der Waals surface area contributed by atoms with Crippen molar-refractivity contribution in [2.75, 3.05) is 6.61 Å². The van der Waals surface area contributed by atoms with Gasteiger partial charge >= 0.3 is 0 Å². The molecule has 1 aromatic heterocycles. The largest absolute Gasteiger partial charge is 0.494 e. The zero-order chi connectivity index (χ0) is 22.3. The molecule has 0 saturated heterocycles. The van der Waals surface area contributed by atoms with Gasteiger partial charge in [0.15, 0.2) is 0 Å². The number of carbonyl (C=O) groups is 1. The minimum Gasteiger partial charge on any atom is -0.494 e. The highest BCUT2D eigenvalue weighted by Gasteiger charge is 2.31. The Bertz CT molecular complexity index is 833. The molecular formula is C24H30Cl2N2O3. The number of rotatable bonds is 9. The second-order valence-corrected chi connectivity index (χ2v) is 9.50. The number of ether oxygens (including phenoxy) is 2. The van der Waals surface area contributed by atoms with Crippen LogP contribution in [-0.2, 0) is 4.79 Å².